The van der Waals surface area contributed by atoms with Gasteiger partial charge in [-0.3, -0.25) is 0 Å². The molecular weight excluding hydrogens is 390 g/mol. The molecular formula is C21H19N3O2S2. The Morgan fingerprint density at radius 2 is 1.89 bits per heavy atom. The summed E-state index contributed by atoms with van der Waals surface area (Å²) in [5.41, 5.74) is 4.53. The summed E-state index contributed by atoms with van der Waals surface area (Å²) in [6.45, 7) is 4.36. The highest BCUT2D eigenvalue weighted by Crippen LogP contribution is 2.28. The van der Waals surface area contributed by atoms with Crippen molar-refractivity contribution >= 4 is 23.1 Å². The van der Waals surface area contributed by atoms with Crippen LogP contribution in [-0.2, 0) is 12.4 Å². The van der Waals surface area contributed by atoms with Gasteiger partial charge in [0.05, 0.1) is 5.69 Å². The average Bonchev–Trinajstić information content (AvgIpc) is 3.35. The normalized spacial score (nSPS) is 10.9. The number of ether oxygens (including phenoxy) is 1. The van der Waals surface area contributed by atoms with Gasteiger partial charge in [-0.05, 0) is 31.5 Å². The molecule has 0 aliphatic heterocycles. The van der Waals surface area contributed by atoms with E-state index in [1.165, 1.54) is 17.3 Å². The molecule has 0 unspecified atom stereocenters. The van der Waals surface area contributed by atoms with E-state index in [0.29, 0.717) is 16.9 Å². The average molecular weight is 410 g/mol. The van der Waals surface area contributed by atoms with Crippen LogP contribution in [0.3, 0.4) is 0 Å². The van der Waals surface area contributed by atoms with E-state index >= 15 is 0 Å². The van der Waals surface area contributed by atoms with E-state index in [-0.39, 0.29) is 6.61 Å². The van der Waals surface area contributed by atoms with E-state index in [2.05, 4.69) is 46.8 Å². The van der Waals surface area contributed by atoms with Crippen molar-refractivity contribution in [2.45, 2.75) is 31.4 Å². The third-order valence-electron chi connectivity index (χ3n) is 3.99. The highest BCUT2D eigenvalue weighted by Gasteiger charge is 2.10. The highest BCUT2D eigenvalue weighted by atomic mass is 32.2. The Hall–Kier alpha value is -2.64. The number of thioether (sulfide) groups is 1. The van der Waals surface area contributed by atoms with Gasteiger partial charge in [-0.15, -0.1) is 21.5 Å². The van der Waals surface area contributed by atoms with Crippen LogP contribution in [0.15, 0.2) is 63.6 Å². The number of nitrogens with zero attached hydrogens (tertiary/aromatic N) is 3. The Bertz CT molecular complexity index is 1060. The molecule has 4 aromatic rings. The number of hydrogen-bond acceptors (Lipinski definition) is 7. The molecule has 0 atom stereocenters. The number of hydrogen-bond donors (Lipinski definition) is 0. The SMILES string of the molecule is Cc1ccc(-c2nc(CSc3nnc(COc4cccc(C)c4)o3)cs2)cc1. The van der Waals surface area contributed by atoms with Crippen LogP contribution in [0.25, 0.3) is 10.6 Å². The van der Waals surface area contributed by atoms with Crippen LogP contribution in [0.1, 0.15) is 22.7 Å². The molecule has 2 aromatic carbocycles. The van der Waals surface area contributed by atoms with E-state index in [4.69, 9.17) is 14.1 Å². The molecule has 0 bridgehead atoms. The fourth-order valence-electron chi connectivity index (χ4n) is 2.54. The standard InChI is InChI=1S/C21H19N3O2S2/c1-14-6-8-16(9-7-14)20-22-17(12-27-20)13-28-21-24-23-19(26-21)11-25-18-5-3-4-15(2)10-18/h3-10,12H,11,13H2,1-2H3. The molecule has 0 saturated carbocycles. The molecule has 0 amide bonds. The third-order valence-corrected chi connectivity index (χ3v) is 5.79. The number of benzene rings is 2. The first-order valence-electron chi connectivity index (χ1n) is 8.82. The van der Waals surface area contributed by atoms with Crippen LogP contribution in [0.4, 0.5) is 0 Å². The zero-order valence-corrected chi connectivity index (χ0v) is 17.2. The third kappa shape index (κ3) is 4.79. The van der Waals surface area contributed by atoms with E-state index in [0.717, 1.165) is 27.6 Å². The van der Waals surface area contributed by atoms with E-state index in [1.807, 2.05) is 31.2 Å². The zero-order chi connectivity index (χ0) is 19.3. The van der Waals surface area contributed by atoms with Gasteiger partial charge in [-0.1, -0.05) is 53.7 Å². The Labute approximate surface area is 171 Å². The van der Waals surface area contributed by atoms with Gasteiger partial charge in [0.1, 0.15) is 10.8 Å². The molecule has 0 aliphatic carbocycles. The van der Waals surface area contributed by atoms with Crippen molar-refractivity contribution in [3.63, 3.8) is 0 Å². The number of aromatic nitrogens is 3. The summed E-state index contributed by atoms with van der Waals surface area (Å²) < 4.78 is 11.3. The lowest BCUT2D eigenvalue weighted by atomic mass is 10.2. The first-order valence-corrected chi connectivity index (χ1v) is 10.7. The topological polar surface area (TPSA) is 61.0 Å². The predicted molar refractivity (Wildman–Crippen MR) is 112 cm³/mol. The van der Waals surface area contributed by atoms with Gasteiger partial charge in [-0.2, -0.15) is 0 Å². The lowest BCUT2D eigenvalue weighted by molar-refractivity contribution is 0.252. The lowest BCUT2D eigenvalue weighted by Crippen LogP contribution is -1.95. The molecule has 7 heteroatoms. The molecule has 2 aromatic heterocycles. The van der Waals surface area contributed by atoms with Gasteiger partial charge in [0, 0.05) is 16.7 Å². The van der Waals surface area contributed by atoms with Crippen molar-refractivity contribution in [2.75, 3.05) is 0 Å². The fraction of sp³-hybridized carbons (Fsp3) is 0.190. The molecule has 0 N–H and O–H groups in total. The van der Waals surface area contributed by atoms with Crippen molar-refractivity contribution in [1.29, 1.82) is 0 Å². The summed E-state index contributed by atoms with van der Waals surface area (Å²) in [6, 6.07) is 16.3. The Balaban J connectivity index is 1.31. The van der Waals surface area contributed by atoms with Gasteiger partial charge in [0.25, 0.3) is 11.1 Å². The Kier molecular flexibility index (Phi) is 5.73. The maximum Gasteiger partial charge on any atom is 0.277 e. The minimum absolute atomic E-state index is 0.255. The van der Waals surface area contributed by atoms with Gasteiger partial charge >= 0.3 is 0 Å². The second-order valence-corrected chi connectivity index (χ2v) is 8.15. The zero-order valence-electron chi connectivity index (χ0n) is 15.6. The summed E-state index contributed by atoms with van der Waals surface area (Å²) in [6.07, 6.45) is 0. The summed E-state index contributed by atoms with van der Waals surface area (Å²) in [4.78, 5) is 4.70. The smallest absolute Gasteiger partial charge is 0.277 e. The first kappa shape index (κ1) is 18.7. The molecule has 0 radical (unpaired) electrons. The van der Waals surface area contributed by atoms with Gasteiger partial charge in [0.2, 0.25) is 0 Å². The van der Waals surface area contributed by atoms with Crippen molar-refractivity contribution in [3.05, 3.63) is 76.6 Å². The quantitative estimate of drug-likeness (QED) is 0.366. The van der Waals surface area contributed by atoms with Crippen LogP contribution in [-0.4, -0.2) is 15.2 Å². The molecule has 0 aliphatic rings. The van der Waals surface area contributed by atoms with E-state index in [9.17, 15) is 0 Å². The highest BCUT2D eigenvalue weighted by molar-refractivity contribution is 7.98. The maximum absolute atomic E-state index is 5.69. The van der Waals surface area contributed by atoms with Crippen molar-refractivity contribution in [2.24, 2.45) is 0 Å². The molecule has 4 rings (SSSR count). The van der Waals surface area contributed by atoms with E-state index in [1.54, 1.807) is 11.3 Å². The van der Waals surface area contributed by atoms with Crippen LogP contribution >= 0.6 is 23.1 Å². The Morgan fingerprint density at radius 1 is 1.04 bits per heavy atom. The summed E-state index contributed by atoms with van der Waals surface area (Å²) in [5.74, 6) is 1.93. The molecule has 142 valence electrons. The summed E-state index contributed by atoms with van der Waals surface area (Å²) in [7, 11) is 0. The fourth-order valence-corrected chi connectivity index (χ4v) is 4.15. The molecule has 2 heterocycles. The Morgan fingerprint density at radius 3 is 2.71 bits per heavy atom. The minimum atomic E-state index is 0.255. The maximum atomic E-state index is 5.69. The number of rotatable bonds is 7. The first-order chi connectivity index (χ1) is 13.7. The monoisotopic (exact) mass is 409 g/mol. The minimum Gasteiger partial charge on any atom is -0.484 e. The van der Waals surface area contributed by atoms with Gasteiger partial charge in [-0.25, -0.2) is 4.98 Å². The molecule has 0 fully saturated rings. The number of thiazole rings is 1. The molecule has 0 saturated heterocycles. The molecule has 5 nitrogen and oxygen atoms in total. The molecule has 0 spiro atoms. The van der Waals surface area contributed by atoms with Crippen molar-refractivity contribution in [3.8, 4) is 16.3 Å². The van der Waals surface area contributed by atoms with E-state index < -0.39 is 0 Å². The number of aryl methyl sites for hydroxylation is 2. The predicted octanol–water partition coefficient (Wildman–Crippen LogP) is 5.68. The second-order valence-electron chi connectivity index (χ2n) is 6.37. The largest absolute Gasteiger partial charge is 0.484 e. The van der Waals surface area contributed by atoms with Crippen molar-refractivity contribution in [1.82, 2.24) is 15.2 Å². The second kappa shape index (κ2) is 8.58. The summed E-state index contributed by atoms with van der Waals surface area (Å²) in [5, 5.41) is 11.7. The lowest BCUT2D eigenvalue weighted by Gasteiger charge is -2.03. The van der Waals surface area contributed by atoms with Crippen LogP contribution in [0.2, 0.25) is 0 Å². The molecule has 28 heavy (non-hydrogen) atoms. The van der Waals surface area contributed by atoms with Gasteiger partial charge in [0.15, 0.2) is 6.61 Å². The van der Waals surface area contributed by atoms with Crippen molar-refractivity contribution < 1.29 is 9.15 Å². The van der Waals surface area contributed by atoms with Gasteiger partial charge < -0.3 is 9.15 Å². The van der Waals surface area contributed by atoms with Crippen LogP contribution in [0.5, 0.6) is 5.75 Å². The summed E-state index contributed by atoms with van der Waals surface area (Å²) >= 11 is 3.12. The van der Waals surface area contributed by atoms with Crippen LogP contribution < -0.4 is 4.74 Å². The van der Waals surface area contributed by atoms with Crippen LogP contribution in [0, 0.1) is 13.8 Å².